The number of urea groups is 2. The van der Waals surface area contributed by atoms with Crippen molar-refractivity contribution in [3.8, 4) is 0 Å². The van der Waals surface area contributed by atoms with Gasteiger partial charge in [0.15, 0.2) is 0 Å². The topological polar surface area (TPSA) is 137 Å². The van der Waals surface area contributed by atoms with Gasteiger partial charge in [-0.3, -0.25) is 24.6 Å². The molecule has 2 fully saturated rings. The Balaban J connectivity index is 1.29. The van der Waals surface area contributed by atoms with E-state index in [-0.39, 0.29) is 18.5 Å². The van der Waals surface area contributed by atoms with Crippen LogP contribution in [0.3, 0.4) is 0 Å². The van der Waals surface area contributed by atoms with E-state index in [4.69, 9.17) is 0 Å². The van der Waals surface area contributed by atoms with Crippen LogP contribution in [0, 0.1) is 5.92 Å². The molecule has 2 aromatic rings. The lowest BCUT2D eigenvalue weighted by atomic mass is 9.91. The van der Waals surface area contributed by atoms with Crippen LogP contribution in [-0.4, -0.2) is 59.3 Å². The molecule has 2 aliphatic carbocycles. The number of fused-ring (bicyclic) bond motifs is 2. The number of carbonyl (C=O) groups excluding carboxylic acids is 5. The molecular formula is C30H33N5O6. The first-order chi connectivity index (χ1) is 19.7. The smallest absolute Gasteiger partial charge is 0.326 e. The van der Waals surface area contributed by atoms with E-state index in [1.165, 1.54) is 7.11 Å². The third kappa shape index (κ3) is 5.79. The van der Waals surface area contributed by atoms with Gasteiger partial charge in [-0.25, -0.2) is 9.59 Å². The van der Waals surface area contributed by atoms with Gasteiger partial charge in [-0.15, -0.1) is 0 Å². The van der Waals surface area contributed by atoms with Crippen LogP contribution < -0.4 is 16.0 Å². The Morgan fingerprint density at radius 3 is 2.63 bits per heavy atom. The molecule has 1 spiro atoms. The highest BCUT2D eigenvalue weighted by molar-refractivity contribution is 6.10. The maximum atomic E-state index is 13.7. The number of carbonyl (C=O) groups is 5. The average Bonchev–Trinajstić information content (AvgIpc) is 3.71. The fourth-order valence-corrected chi connectivity index (χ4v) is 5.62. The number of ether oxygens (including phenoxy) is 1. The summed E-state index contributed by atoms with van der Waals surface area (Å²) in [5.74, 6) is -0.953. The zero-order chi connectivity index (χ0) is 29.1. The van der Waals surface area contributed by atoms with Crippen molar-refractivity contribution in [2.75, 3.05) is 19.0 Å². The number of aryl methyl sites for hydroxylation is 1. The number of rotatable bonds is 9. The summed E-state index contributed by atoms with van der Waals surface area (Å²) in [6.07, 6.45) is 5.15. The Kier molecular flexibility index (Phi) is 7.78. The zero-order valence-corrected chi connectivity index (χ0v) is 23.0. The summed E-state index contributed by atoms with van der Waals surface area (Å²) in [5, 5.41) is 7.59. The molecular weight excluding hydrogens is 526 g/mol. The van der Waals surface area contributed by atoms with Crippen LogP contribution in [0.2, 0.25) is 0 Å². The maximum absolute atomic E-state index is 13.7. The minimum atomic E-state index is -1.26. The largest absolute Gasteiger partial charge is 0.504 e. The summed E-state index contributed by atoms with van der Waals surface area (Å²) in [6.45, 7) is 2.10. The van der Waals surface area contributed by atoms with Crippen molar-refractivity contribution >= 4 is 35.5 Å². The fraction of sp³-hybridized carbons (Fsp3) is 0.367. The van der Waals surface area contributed by atoms with Crippen molar-refractivity contribution in [3.05, 3.63) is 77.6 Å². The Labute approximate surface area is 237 Å². The van der Waals surface area contributed by atoms with Crippen LogP contribution in [0.1, 0.15) is 42.9 Å². The van der Waals surface area contributed by atoms with Crippen molar-refractivity contribution in [1.82, 2.24) is 20.4 Å². The quantitative estimate of drug-likeness (QED) is 0.245. The lowest BCUT2D eigenvalue weighted by Gasteiger charge is -2.31. The summed E-state index contributed by atoms with van der Waals surface area (Å²) >= 11 is 0. The Hall–Kier alpha value is -4.67. The Bertz CT molecular complexity index is 1410. The number of nitrogens with zero attached hydrogens (tertiary/aromatic N) is 2. The number of amides is 7. The highest BCUT2D eigenvalue weighted by Crippen LogP contribution is 2.42. The molecule has 1 saturated heterocycles. The van der Waals surface area contributed by atoms with Crippen molar-refractivity contribution in [2.45, 2.75) is 50.7 Å². The highest BCUT2D eigenvalue weighted by atomic mass is 16.5. The second-order valence-corrected chi connectivity index (χ2v) is 10.7. The molecule has 2 aromatic carbocycles. The molecule has 0 bridgehead atoms. The maximum Gasteiger partial charge on any atom is 0.326 e. The first-order valence-corrected chi connectivity index (χ1v) is 13.6. The second-order valence-electron chi connectivity index (χ2n) is 10.7. The van der Waals surface area contributed by atoms with E-state index in [2.05, 4.69) is 20.7 Å². The molecule has 1 unspecified atom stereocenters. The summed E-state index contributed by atoms with van der Waals surface area (Å²) in [7, 11) is 1.38. The number of benzene rings is 2. The molecule has 0 aromatic heterocycles. The van der Waals surface area contributed by atoms with Crippen molar-refractivity contribution in [2.24, 2.45) is 5.92 Å². The Morgan fingerprint density at radius 2 is 1.93 bits per heavy atom. The molecule has 41 heavy (non-hydrogen) atoms. The summed E-state index contributed by atoms with van der Waals surface area (Å²) in [5.41, 5.74) is 1.56. The zero-order valence-electron chi connectivity index (χ0n) is 23.0. The minimum absolute atomic E-state index is 0.000876. The van der Waals surface area contributed by atoms with Crippen molar-refractivity contribution in [3.63, 3.8) is 0 Å². The van der Waals surface area contributed by atoms with E-state index in [9.17, 15) is 24.0 Å². The molecule has 11 nitrogen and oxygen atoms in total. The van der Waals surface area contributed by atoms with E-state index in [1.807, 2.05) is 37.3 Å². The van der Waals surface area contributed by atoms with E-state index in [1.54, 1.807) is 23.1 Å². The SMILES string of the molecule is COC=CC(=O)NC(=O)Nc1ccc2c(c1)CCC21NC(=O)N(CC(=O)N(Cc2ccccc2)[C@@H](C)C2CC2)C1=O. The molecule has 1 saturated carbocycles. The highest BCUT2D eigenvalue weighted by Gasteiger charge is 2.56. The minimum Gasteiger partial charge on any atom is -0.504 e. The lowest BCUT2D eigenvalue weighted by Crippen LogP contribution is -2.47. The van der Waals surface area contributed by atoms with Gasteiger partial charge in [0.05, 0.1) is 13.4 Å². The van der Waals surface area contributed by atoms with Crippen LogP contribution in [0.15, 0.2) is 60.9 Å². The Morgan fingerprint density at radius 1 is 1.17 bits per heavy atom. The summed E-state index contributed by atoms with van der Waals surface area (Å²) in [4.78, 5) is 67.1. The fourth-order valence-electron chi connectivity index (χ4n) is 5.62. The molecule has 5 rings (SSSR count). The van der Waals surface area contributed by atoms with Crippen LogP contribution in [0.4, 0.5) is 15.3 Å². The van der Waals surface area contributed by atoms with E-state index < -0.39 is 29.4 Å². The first kappa shape index (κ1) is 27.9. The normalized spacial score (nSPS) is 20.1. The second kappa shape index (κ2) is 11.4. The molecule has 1 heterocycles. The molecule has 1 aliphatic heterocycles. The van der Waals surface area contributed by atoms with Crippen LogP contribution >= 0.6 is 0 Å². The van der Waals surface area contributed by atoms with Gasteiger partial charge in [0.1, 0.15) is 12.1 Å². The summed E-state index contributed by atoms with van der Waals surface area (Å²) in [6, 6.07) is 13.4. The average molecular weight is 560 g/mol. The standard InChI is InChI=1S/C30H33N5O6/c1-19(21-8-9-21)34(17-20-6-4-3-5-7-20)26(37)18-35-27(38)30(33-29(35)40)14-12-22-16-23(10-11-24(22)30)31-28(39)32-25(36)13-15-41-2/h3-7,10-11,13,15-16,19,21H,8-9,12,14,17-18H2,1-2H3,(H,33,40)(H2,31,32,36,39)/t19-,30?/m0/s1. The predicted molar refractivity (Wildman–Crippen MR) is 149 cm³/mol. The summed E-state index contributed by atoms with van der Waals surface area (Å²) < 4.78 is 4.66. The monoisotopic (exact) mass is 559 g/mol. The number of anilines is 1. The molecule has 3 aliphatic rings. The van der Waals surface area contributed by atoms with Gasteiger partial charge in [-0.2, -0.15) is 0 Å². The van der Waals surface area contributed by atoms with E-state index in [0.717, 1.165) is 41.2 Å². The van der Waals surface area contributed by atoms with E-state index >= 15 is 0 Å². The van der Waals surface area contributed by atoms with Crippen LogP contribution in [0.5, 0.6) is 0 Å². The third-order valence-corrected chi connectivity index (χ3v) is 7.97. The van der Waals surface area contributed by atoms with Crippen LogP contribution in [-0.2, 0) is 37.6 Å². The van der Waals surface area contributed by atoms with Gasteiger partial charge in [0.25, 0.3) is 11.8 Å². The van der Waals surface area contributed by atoms with Gasteiger partial charge < -0.3 is 20.3 Å². The van der Waals surface area contributed by atoms with E-state index in [0.29, 0.717) is 36.6 Å². The molecule has 0 radical (unpaired) electrons. The number of methoxy groups -OCH3 is 1. The number of hydrogen-bond acceptors (Lipinski definition) is 6. The van der Waals surface area contributed by atoms with Gasteiger partial charge in [0.2, 0.25) is 5.91 Å². The molecule has 2 atom stereocenters. The first-order valence-electron chi connectivity index (χ1n) is 13.6. The lowest BCUT2D eigenvalue weighted by molar-refractivity contribution is -0.141. The molecule has 3 N–H and O–H groups in total. The number of imide groups is 2. The van der Waals surface area contributed by atoms with Gasteiger partial charge in [-0.05, 0) is 67.3 Å². The molecule has 214 valence electrons. The van der Waals surface area contributed by atoms with Gasteiger partial charge >= 0.3 is 12.1 Å². The molecule has 7 amide bonds. The number of hydrogen-bond donors (Lipinski definition) is 3. The van der Waals surface area contributed by atoms with Gasteiger partial charge in [0, 0.05) is 24.4 Å². The van der Waals surface area contributed by atoms with Crippen molar-refractivity contribution in [1.29, 1.82) is 0 Å². The molecule has 11 heteroatoms. The number of nitrogens with one attached hydrogen (secondary N) is 3. The van der Waals surface area contributed by atoms with Crippen LogP contribution in [0.25, 0.3) is 0 Å². The van der Waals surface area contributed by atoms with Crippen molar-refractivity contribution < 1.29 is 28.7 Å². The van der Waals surface area contributed by atoms with Gasteiger partial charge in [-0.1, -0.05) is 36.4 Å². The third-order valence-electron chi connectivity index (χ3n) is 7.97. The predicted octanol–water partition coefficient (Wildman–Crippen LogP) is 3.02.